The van der Waals surface area contributed by atoms with Crippen molar-refractivity contribution in [3.05, 3.63) is 35.4 Å². The SMILES string of the molecule is CC(c1cccc(C(=O)OC(C)(C)C)c1)N(CCCO)C(=O)OC(C)(C)C. The quantitative estimate of drug-likeness (QED) is 0.745. The third kappa shape index (κ3) is 7.99. The van der Waals surface area contributed by atoms with E-state index in [1.54, 1.807) is 23.1 Å². The van der Waals surface area contributed by atoms with Crippen LogP contribution in [0, 0.1) is 0 Å². The Morgan fingerprint density at radius 1 is 1.07 bits per heavy atom. The first-order valence-corrected chi connectivity index (χ1v) is 9.28. The fourth-order valence-electron chi connectivity index (χ4n) is 2.45. The minimum Gasteiger partial charge on any atom is -0.456 e. The van der Waals surface area contributed by atoms with Crippen molar-refractivity contribution < 1.29 is 24.2 Å². The summed E-state index contributed by atoms with van der Waals surface area (Å²) in [5, 5.41) is 9.17. The zero-order valence-electron chi connectivity index (χ0n) is 17.5. The molecular formula is C21H33NO5. The molecule has 0 bridgehead atoms. The minimum atomic E-state index is -0.618. The Balaban J connectivity index is 3.07. The molecule has 0 saturated carbocycles. The molecule has 1 unspecified atom stereocenters. The number of carbonyl (C=O) groups excluding carboxylic acids is 2. The molecule has 1 aromatic rings. The van der Waals surface area contributed by atoms with E-state index in [9.17, 15) is 9.59 Å². The van der Waals surface area contributed by atoms with E-state index in [0.29, 0.717) is 18.5 Å². The number of amides is 1. The van der Waals surface area contributed by atoms with E-state index in [1.807, 2.05) is 54.5 Å². The third-order valence-electron chi connectivity index (χ3n) is 3.66. The first-order chi connectivity index (χ1) is 12.3. The first-order valence-electron chi connectivity index (χ1n) is 9.28. The second kappa shape index (κ2) is 9.22. The van der Waals surface area contributed by atoms with Crippen LogP contribution in [0.5, 0.6) is 0 Å². The molecule has 152 valence electrons. The summed E-state index contributed by atoms with van der Waals surface area (Å²) in [4.78, 5) is 26.5. The van der Waals surface area contributed by atoms with Crippen molar-refractivity contribution in [3.63, 3.8) is 0 Å². The highest BCUT2D eigenvalue weighted by Gasteiger charge is 2.27. The average Bonchev–Trinajstić information content (AvgIpc) is 2.52. The van der Waals surface area contributed by atoms with Crippen molar-refractivity contribution in [3.8, 4) is 0 Å². The Hall–Kier alpha value is -2.08. The fraction of sp³-hybridized carbons (Fsp3) is 0.619. The number of hydrogen-bond donors (Lipinski definition) is 1. The topological polar surface area (TPSA) is 76.1 Å². The van der Waals surface area contributed by atoms with Gasteiger partial charge in [0.1, 0.15) is 11.2 Å². The fourth-order valence-corrected chi connectivity index (χ4v) is 2.45. The van der Waals surface area contributed by atoms with E-state index in [0.717, 1.165) is 5.56 Å². The summed E-state index contributed by atoms with van der Waals surface area (Å²) < 4.78 is 10.9. The van der Waals surface area contributed by atoms with E-state index in [1.165, 1.54) is 0 Å². The molecule has 0 aromatic heterocycles. The standard InChI is InChI=1S/C21H33NO5/c1-15(22(12-9-13-23)19(25)27-21(5,6)7)16-10-8-11-17(14-16)18(24)26-20(2,3)4/h8,10-11,14-15,23H,9,12-13H2,1-7H3. The molecule has 6 heteroatoms. The molecule has 0 aliphatic heterocycles. The molecule has 0 heterocycles. The molecule has 0 saturated heterocycles. The number of rotatable bonds is 6. The van der Waals surface area contributed by atoms with Crippen molar-refractivity contribution in [1.29, 1.82) is 0 Å². The van der Waals surface area contributed by atoms with Gasteiger partial charge in [0.05, 0.1) is 11.6 Å². The second-order valence-electron chi connectivity index (χ2n) is 8.55. The lowest BCUT2D eigenvalue weighted by molar-refractivity contribution is 0.00691. The third-order valence-corrected chi connectivity index (χ3v) is 3.66. The molecule has 1 amide bonds. The van der Waals surface area contributed by atoms with Crippen LogP contribution < -0.4 is 0 Å². The van der Waals surface area contributed by atoms with Gasteiger partial charge >= 0.3 is 12.1 Å². The predicted octanol–water partition coefficient (Wildman–Crippen LogP) is 4.32. The zero-order chi connectivity index (χ0) is 20.8. The Morgan fingerprint density at radius 2 is 1.67 bits per heavy atom. The lowest BCUT2D eigenvalue weighted by Gasteiger charge is -2.32. The van der Waals surface area contributed by atoms with Gasteiger partial charge in [-0.2, -0.15) is 0 Å². The highest BCUT2D eigenvalue weighted by molar-refractivity contribution is 5.89. The summed E-state index contributed by atoms with van der Waals surface area (Å²) in [5.41, 5.74) is 0.0254. The number of hydrogen-bond acceptors (Lipinski definition) is 5. The lowest BCUT2D eigenvalue weighted by atomic mass is 10.0. The van der Waals surface area contributed by atoms with E-state index in [-0.39, 0.29) is 12.6 Å². The van der Waals surface area contributed by atoms with Gasteiger partial charge in [0, 0.05) is 13.2 Å². The van der Waals surface area contributed by atoms with Crippen LogP contribution in [-0.4, -0.2) is 46.4 Å². The molecule has 6 nitrogen and oxygen atoms in total. The number of nitrogens with zero attached hydrogens (tertiary/aromatic N) is 1. The van der Waals surface area contributed by atoms with Crippen LogP contribution in [0.1, 0.15) is 76.9 Å². The van der Waals surface area contributed by atoms with E-state index in [2.05, 4.69) is 0 Å². The molecule has 0 fully saturated rings. The Labute approximate surface area is 162 Å². The molecule has 0 aliphatic carbocycles. The van der Waals surface area contributed by atoms with Crippen LogP contribution in [0.3, 0.4) is 0 Å². The maximum Gasteiger partial charge on any atom is 0.410 e. The molecule has 0 aliphatic rings. The van der Waals surface area contributed by atoms with Gasteiger partial charge in [0.15, 0.2) is 0 Å². The normalized spacial score (nSPS) is 13.0. The van der Waals surface area contributed by atoms with Crippen LogP contribution in [0.4, 0.5) is 4.79 Å². The van der Waals surface area contributed by atoms with Crippen molar-refractivity contribution in [2.75, 3.05) is 13.2 Å². The van der Waals surface area contributed by atoms with Gasteiger partial charge in [-0.25, -0.2) is 9.59 Å². The largest absolute Gasteiger partial charge is 0.456 e. The lowest BCUT2D eigenvalue weighted by Crippen LogP contribution is -2.39. The Bertz CT molecular complexity index is 643. The maximum absolute atomic E-state index is 12.6. The Morgan fingerprint density at radius 3 is 2.19 bits per heavy atom. The van der Waals surface area contributed by atoms with Crippen LogP contribution in [0.25, 0.3) is 0 Å². The number of esters is 1. The molecule has 1 N–H and O–H groups in total. The molecule has 1 atom stereocenters. The number of benzene rings is 1. The highest BCUT2D eigenvalue weighted by Crippen LogP contribution is 2.25. The van der Waals surface area contributed by atoms with Gasteiger partial charge in [-0.1, -0.05) is 12.1 Å². The molecular weight excluding hydrogens is 346 g/mol. The van der Waals surface area contributed by atoms with Crippen molar-refractivity contribution in [1.82, 2.24) is 4.90 Å². The van der Waals surface area contributed by atoms with Crippen LogP contribution in [0.2, 0.25) is 0 Å². The highest BCUT2D eigenvalue weighted by atomic mass is 16.6. The predicted molar refractivity (Wildman–Crippen MR) is 105 cm³/mol. The van der Waals surface area contributed by atoms with Gasteiger partial charge in [-0.3, -0.25) is 0 Å². The van der Waals surface area contributed by atoms with Crippen molar-refractivity contribution >= 4 is 12.1 Å². The maximum atomic E-state index is 12.6. The van der Waals surface area contributed by atoms with Crippen molar-refractivity contribution in [2.45, 2.75) is 72.1 Å². The summed E-state index contributed by atoms with van der Waals surface area (Å²) in [6, 6.07) is 6.72. The smallest absolute Gasteiger partial charge is 0.410 e. The van der Waals surface area contributed by atoms with Crippen LogP contribution in [-0.2, 0) is 9.47 Å². The second-order valence-corrected chi connectivity index (χ2v) is 8.55. The zero-order valence-corrected chi connectivity index (χ0v) is 17.5. The van der Waals surface area contributed by atoms with E-state index >= 15 is 0 Å². The summed E-state index contributed by atoms with van der Waals surface area (Å²) >= 11 is 0. The summed E-state index contributed by atoms with van der Waals surface area (Å²) in [7, 11) is 0. The minimum absolute atomic E-state index is 0.0238. The van der Waals surface area contributed by atoms with Crippen LogP contribution in [0.15, 0.2) is 24.3 Å². The average molecular weight is 379 g/mol. The van der Waals surface area contributed by atoms with Gasteiger partial charge in [-0.15, -0.1) is 0 Å². The molecule has 27 heavy (non-hydrogen) atoms. The number of carbonyl (C=O) groups is 2. The molecule has 1 aromatic carbocycles. The Kier molecular flexibility index (Phi) is 7.84. The summed E-state index contributed by atoms with van der Waals surface area (Å²) in [6.07, 6.45) is -0.0128. The van der Waals surface area contributed by atoms with E-state index < -0.39 is 23.3 Å². The van der Waals surface area contributed by atoms with Gasteiger partial charge < -0.3 is 19.5 Å². The van der Waals surface area contributed by atoms with Gasteiger partial charge in [0.2, 0.25) is 0 Å². The number of aliphatic hydroxyl groups is 1. The first kappa shape index (κ1) is 23.0. The molecule has 0 spiro atoms. The molecule has 1 rings (SSSR count). The van der Waals surface area contributed by atoms with Gasteiger partial charge in [-0.05, 0) is 72.6 Å². The molecule has 0 radical (unpaired) electrons. The summed E-state index contributed by atoms with van der Waals surface area (Å²) in [6.45, 7) is 13.1. The number of aliphatic hydroxyl groups excluding tert-OH is 1. The van der Waals surface area contributed by atoms with E-state index in [4.69, 9.17) is 14.6 Å². The monoisotopic (exact) mass is 379 g/mol. The number of ether oxygens (including phenoxy) is 2. The van der Waals surface area contributed by atoms with Gasteiger partial charge in [0.25, 0.3) is 0 Å². The summed E-state index contributed by atoms with van der Waals surface area (Å²) in [5.74, 6) is -0.407. The van der Waals surface area contributed by atoms with Crippen molar-refractivity contribution in [2.24, 2.45) is 0 Å². The van der Waals surface area contributed by atoms with Crippen LogP contribution >= 0.6 is 0 Å².